The summed E-state index contributed by atoms with van der Waals surface area (Å²) in [6, 6.07) is 14.1. The maximum absolute atomic E-state index is 13.1. The number of ether oxygens (including phenoxy) is 2. The van der Waals surface area contributed by atoms with Crippen LogP contribution in [-0.2, 0) is 0 Å². The molecule has 4 heteroatoms. The fourth-order valence-electron chi connectivity index (χ4n) is 8.80. The van der Waals surface area contributed by atoms with Crippen LogP contribution in [0.5, 0.6) is 11.5 Å². The van der Waals surface area contributed by atoms with Gasteiger partial charge in [0.25, 0.3) is 0 Å². The minimum atomic E-state index is 0.0176. The molecule has 3 nitrogen and oxygen atoms in total. The van der Waals surface area contributed by atoms with Crippen molar-refractivity contribution in [2.45, 2.75) is 276 Å². The molecule has 0 spiro atoms. The van der Waals surface area contributed by atoms with E-state index in [-0.39, 0.29) is 5.78 Å². The summed E-state index contributed by atoms with van der Waals surface area (Å²) < 4.78 is 12.6. The third kappa shape index (κ3) is 35.1. The molecular formula is C60H102O3S. The molecule has 0 aliphatic heterocycles. The quantitative estimate of drug-likeness (QED) is 0.0287. The van der Waals surface area contributed by atoms with E-state index in [2.05, 4.69) is 32.9 Å². The van der Waals surface area contributed by atoms with Gasteiger partial charge < -0.3 is 9.47 Å². The summed E-state index contributed by atoms with van der Waals surface area (Å²) in [7, 11) is 0. The number of rotatable bonds is 48. The highest BCUT2D eigenvalue weighted by molar-refractivity contribution is 7.99. The third-order valence-corrected chi connectivity index (χ3v) is 14.2. The van der Waals surface area contributed by atoms with E-state index < -0.39 is 0 Å². The fourth-order valence-corrected chi connectivity index (χ4v) is 9.57. The van der Waals surface area contributed by atoms with Gasteiger partial charge in [-0.25, -0.2) is 0 Å². The molecule has 0 radical (unpaired) electrons. The van der Waals surface area contributed by atoms with E-state index in [9.17, 15) is 4.79 Å². The lowest BCUT2D eigenvalue weighted by molar-refractivity contribution is 0.104. The second-order valence-corrected chi connectivity index (χ2v) is 20.4. The minimum absolute atomic E-state index is 0.0176. The number of carbonyl (C=O) groups is 1. The van der Waals surface area contributed by atoms with E-state index >= 15 is 0 Å². The molecule has 2 aromatic rings. The molecule has 0 saturated heterocycles. The Morgan fingerprint density at radius 3 is 1.03 bits per heavy atom. The predicted molar refractivity (Wildman–Crippen MR) is 285 cm³/mol. The largest absolute Gasteiger partial charge is 0.493 e. The molecule has 0 fully saturated rings. The first-order valence-corrected chi connectivity index (χ1v) is 29.0. The zero-order valence-corrected chi connectivity index (χ0v) is 43.3. The summed E-state index contributed by atoms with van der Waals surface area (Å²) in [5, 5.41) is 0. The Morgan fingerprint density at radius 1 is 0.406 bits per heavy atom. The summed E-state index contributed by atoms with van der Waals surface area (Å²) in [6.07, 6.45) is 57.3. The van der Waals surface area contributed by atoms with Gasteiger partial charge in [-0.15, -0.1) is 11.8 Å². The van der Waals surface area contributed by atoms with Gasteiger partial charge in [-0.3, -0.25) is 4.79 Å². The van der Waals surface area contributed by atoms with E-state index in [1.807, 2.05) is 48.2 Å². The molecule has 0 aliphatic rings. The summed E-state index contributed by atoms with van der Waals surface area (Å²) in [4.78, 5) is 14.3. The fraction of sp³-hybridized carbons (Fsp3) is 0.750. The van der Waals surface area contributed by atoms with Crippen molar-refractivity contribution in [1.82, 2.24) is 0 Å². The molecule has 0 amide bonds. The van der Waals surface area contributed by atoms with Crippen LogP contribution in [0.4, 0.5) is 0 Å². The maximum Gasteiger partial charge on any atom is 0.185 e. The van der Waals surface area contributed by atoms with Gasteiger partial charge in [-0.2, -0.15) is 0 Å². The normalized spacial score (nSPS) is 11.5. The number of hydrogen-bond donors (Lipinski definition) is 0. The monoisotopic (exact) mass is 903 g/mol. The number of allylic oxidation sites excluding steroid dienone is 1. The lowest BCUT2D eigenvalue weighted by atomic mass is 10.0. The van der Waals surface area contributed by atoms with Crippen LogP contribution in [0.1, 0.15) is 287 Å². The van der Waals surface area contributed by atoms with Gasteiger partial charge in [-0.1, -0.05) is 258 Å². The Morgan fingerprint density at radius 2 is 0.719 bits per heavy atom. The van der Waals surface area contributed by atoms with E-state index in [1.54, 1.807) is 6.08 Å². The molecule has 0 bridgehead atoms. The van der Waals surface area contributed by atoms with Gasteiger partial charge in [0.2, 0.25) is 0 Å². The molecule has 0 unspecified atom stereocenters. The van der Waals surface area contributed by atoms with Crippen molar-refractivity contribution >= 4 is 23.6 Å². The SMILES string of the molecule is CCCCCCCCCCCCCCCCCCCCCOc1cc(C=CC(=O)c2ccc(SCCC)cc2)cc(OCCCCCCCCCCCCCCCCCCCCC)c1. The Kier molecular flexibility index (Phi) is 40.4. The standard InChI is InChI=1S/C60H102O3S/c1-4-7-9-11-13-15-17-19-21-23-25-27-29-31-33-35-37-39-41-49-62-57-52-55(43-48-60(61)56-44-46-59(47-45-56)64-51-6-3)53-58(54-57)63-50-42-40-38-36-34-32-30-28-26-24-22-20-18-16-14-12-10-8-5-2/h43-48,52-54H,4-42,49-51H2,1-3H3. The Bertz CT molecular complexity index is 1270. The zero-order valence-electron chi connectivity index (χ0n) is 42.5. The molecular weight excluding hydrogens is 801 g/mol. The van der Waals surface area contributed by atoms with Crippen molar-refractivity contribution in [3.8, 4) is 11.5 Å². The summed E-state index contributed by atoms with van der Waals surface area (Å²) in [5.41, 5.74) is 1.66. The summed E-state index contributed by atoms with van der Waals surface area (Å²) >= 11 is 1.84. The third-order valence-electron chi connectivity index (χ3n) is 13.0. The van der Waals surface area contributed by atoms with Gasteiger partial charge in [0, 0.05) is 16.5 Å². The van der Waals surface area contributed by atoms with Crippen LogP contribution in [-0.4, -0.2) is 24.7 Å². The Hall–Kier alpha value is -2.20. The van der Waals surface area contributed by atoms with Crippen LogP contribution in [0.2, 0.25) is 0 Å². The highest BCUT2D eigenvalue weighted by Gasteiger charge is 2.07. The number of ketones is 1. The first kappa shape index (κ1) is 57.9. The lowest BCUT2D eigenvalue weighted by Gasteiger charge is -2.12. The smallest absolute Gasteiger partial charge is 0.185 e. The molecule has 0 saturated carbocycles. The van der Waals surface area contributed by atoms with Gasteiger partial charge in [-0.05, 0) is 73.1 Å². The highest BCUT2D eigenvalue weighted by atomic mass is 32.2. The van der Waals surface area contributed by atoms with Crippen LogP contribution < -0.4 is 9.47 Å². The maximum atomic E-state index is 13.1. The topological polar surface area (TPSA) is 35.5 Å². The first-order valence-electron chi connectivity index (χ1n) is 28.0. The van der Waals surface area contributed by atoms with Crippen LogP contribution in [0.15, 0.2) is 53.4 Å². The molecule has 2 rings (SSSR count). The van der Waals surface area contributed by atoms with Gasteiger partial charge in [0.05, 0.1) is 13.2 Å². The van der Waals surface area contributed by atoms with Crippen molar-refractivity contribution in [1.29, 1.82) is 0 Å². The number of unbranched alkanes of at least 4 members (excludes halogenated alkanes) is 36. The molecule has 0 N–H and O–H groups in total. The second-order valence-electron chi connectivity index (χ2n) is 19.2. The molecule has 0 atom stereocenters. The Labute approximate surface area is 402 Å². The number of carbonyl (C=O) groups excluding carboxylic acids is 1. The van der Waals surface area contributed by atoms with E-state index in [0.29, 0.717) is 13.2 Å². The lowest BCUT2D eigenvalue weighted by Crippen LogP contribution is -2.01. The van der Waals surface area contributed by atoms with Gasteiger partial charge in [0.1, 0.15) is 11.5 Å². The molecule has 366 valence electrons. The van der Waals surface area contributed by atoms with E-state index in [0.717, 1.165) is 47.6 Å². The van der Waals surface area contributed by atoms with Crippen LogP contribution in [0, 0.1) is 0 Å². The average molecular weight is 904 g/mol. The summed E-state index contributed by atoms with van der Waals surface area (Å²) in [5.74, 6) is 2.77. The number of hydrogen-bond acceptors (Lipinski definition) is 4. The van der Waals surface area contributed by atoms with Crippen LogP contribution >= 0.6 is 11.8 Å². The van der Waals surface area contributed by atoms with Crippen LogP contribution in [0.25, 0.3) is 6.08 Å². The van der Waals surface area contributed by atoms with Gasteiger partial charge >= 0.3 is 0 Å². The van der Waals surface area contributed by atoms with Crippen molar-refractivity contribution < 1.29 is 14.3 Å². The number of thioether (sulfide) groups is 1. The highest BCUT2D eigenvalue weighted by Crippen LogP contribution is 2.26. The van der Waals surface area contributed by atoms with E-state index in [1.165, 1.54) is 236 Å². The number of benzene rings is 2. The molecule has 2 aromatic carbocycles. The molecule has 64 heavy (non-hydrogen) atoms. The first-order chi connectivity index (χ1) is 31.7. The van der Waals surface area contributed by atoms with Gasteiger partial charge in [0.15, 0.2) is 5.78 Å². The summed E-state index contributed by atoms with van der Waals surface area (Å²) in [6.45, 7) is 8.22. The van der Waals surface area contributed by atoms with E-state index in [4.69, 9.17) is 9.47 Å². The predicted octanol–water partition coefficient (Wildman–Crippen LogP) is 20.7. The molecule has 0 heterocycles. The zero-order chi connectivity index (χ0) is 45.6. The van der Waals surface area contributed by atoms with Crippen molar-refractivity contribution in [3.05, 3.63) is 59.7 Å². The van der Waals surface area contributed by atoms with Crippen LogP contribution in [0.3, 0.4) is 0 Å². The van der Waals surface area contributed by atoms with Crippen molar-refractivity contribution in [3.63, 3.8) is 0 Å². The molecule has 0 aliphatic carbocycles. The Balaban J connectivity index is 1.63. The minimum Gasteiger partial charge on any atom is -0.493 e. The average Bonchev–Trinajstić information content (AvgIpc) is 3.31. The molecule has 0 aromatic heterocycles. The second kappa shape index (κ2) is 44.6. The van der Waals surface area contributed by atoms with Crippen molar-refractivity contribution in [2.75, 3.05) is 19.0 Å². The van der Waals surface area contributed by atoms with Crippen molar-refractivity contribution in [2.24, 2.45) is 0 Å².